The number of ether oxygens (including phenoxy) is 1. The van der Waals surface area contributed by atoms with Crippen LogP contribution in [0.15, 0.2) is 40.9 Å². The van der Waals surface area contributed by atoms with Gasteiger partial charge in [0.25, 0.3) is 17.5 Å². The van der Waals surface area contributed by atoms with E-state index in [-0.39, 0.29) is 18.5 Å². The third-order valence-corrected chi connectivity index (χ3v) is 6.02. The Kier molecular flexibility index (Phi) is 7.61. The number of anilines is 1. The molecule has 2 N–H and O–H groups in total. The third kappa shape index (κ3) is 5.76. The zero-order valence-corrected chi connectivity index (χ0v) is 19.9. The second-order valence-electron chi connectivity index (χ2n) is 7.69. The zero-order valence-electron chi connectivity index (χ0n) is 18.3. The van der Waals surface area contributed by atoms with Gasteiger partial charge in [0.2, 0.25) is 5.91 Å². The first-order valence-corrected chi connectivity index (χ1v) is 10.9. The van der Waals surface area contributed by atoms with Crippen LogP contribution in [0.4, 0.5) is 11.4 Å². The quantitative estimate of drug-likeness (QED) is 0.316. The van der Waals surface area contributed by atoms with Gasteiger partial charge in [-0.05, 0) is 43.2 Å². The Morgan fingerprint density at radius 3 is 2.62 bits per heavy atom. The highest BCUT2D eigenvalue weighted by Gasteiger charge is 2.37. The minimum absolute atomic E-state index is 0.184. The highest BCUT2D eigenvalue weighted by molar-refractivity contribution is 9.10. The lowest BCUT2D eigenvalue weighted by molar-refractivity contribution is -0.385. The van der Waals surface area contributed by atoms with Crippen LogP contribution in [-0.4, -0.2) is 46.8 Å². The summed E-state index contributed by atoms with van der Waals surface area (Å²) in [6, 6.07) is 8.93. The van der Waals surface area contributed by atoms with Crippen molar-refractivity contribution in [2.24, 2.45) is 5.92 Å². The molecule has 3 rings (SSSR count). The number of halogens is 1. The van der Waals surface area contributed by atoms with E-state index in [2.05, 4.69) is 26.7 Å². The number of carbonyl (C=O) groups is 4. The predicted octanol–water partition coefficient (Wildman–Crippen LogP) is 2.65. The molecule has 1 heterocycles. The third-order valence-electron chi connectivity index (χ3n) is 5.17. The molecule has 0 unspecified atom stereocenters. The summed E-state index contributed by atoms with van der Waals surface area (Å²) in [6.45, 7) is 2.97. The van der Waals surface area contributed by atoms with E-state index in [9.17, 15) is 29.3 Å². The van der Waals surface area contributed by atoms with Crippen molar-refractivity contribution in [3.05, 3.63) is 67.7 Å². The maximum absolute atomic E-state index is 12.4. The number of hydrogen-bond acceptors (Lipinski definition) is 7. The molecule has 11 nitrogen and oxygen atoms in total. The molecule has 1 saturated heterocycles. The zero-order chi connectivity index (χ0) is 25.0. The highest BCUT2D eigenvalue weighted by Crippen LogP contribution is 2.25. The number of hydrazine groups is 1. The molecular formula is C22H21BrN4O7. The smallest absolute Gasteiger partial charge is 0.311 e. The number of para-hydroxylation sites is 1. The van der Waals surface area contributed by atoms with Crippen LogP contribution in [0, 0.1) is 29.9 Å². The van der Waals surface area contributed by atoms with Gasteiger partial charge in [0.1, 0.15) is 5.56 Å². The van der Waals surface area contributed by atoms with Crippen molar-refractivity contribution in [2.75, 3.05) is 18.5 Å². The summed E-state index contributed by atoms with van der Waals surface area (Å²) in [4.78, 5) is 59.6. The van der Waals surface area contributed by atoms with Gasteiger partial charge >= 0.3 is 5.97 Å². The minimum atomic E-state index is -0.900. The number of aryl methyl sites for hydroxylation is 2. The summed E-state index contributed by atoms with van der Waals surface area (Å²) in [5.41, 5.74) is 3.98. The lowest BCUT2D eigenvalue weighted by atomic mass is 10.1. The number of hydrogen-bond donors (Lipinski definition) is 2. The van der Waals surface area contributed by atoms with Gasteiger partial charge in [-0.1, -0.05) is 28.1 Å². The van der Waals surface area contributed by atoms with Gasteiger partial charge in [-0.25, -0.2) is 0 Å². The summed E-state index contributed by atoms with van der Waals surface area (Å²) in [5, 5.41) is 14.7. The number of nitrogens with one attached hydrogen (secondary N) is 2. The topological polar surface area (TPSA) is 148 Å². The molecule has 1 aliphatic heterocycles. The maximum Gasteiger partial charge on any atom is 0.311 e. The fourth-order valence-corrected chi connectivity index (χ4v) is 3.80. The number of nitrogens with zero attached hydrogens (tertiary/aromatic N) is 2. The van der Waals surface area contributed by atoms with Crippen molar-refractivity contribution in [1.29, 1.82) is 0 Å². The van der Waals surface area contributed by atoms with Crippen LogP contribution in [-0.2, 0) is 19.1 Å². The van der Waals surface area contributed by atoms with Gasteiger partial charge in [-0.15, -0.1) is 0 Å². The van der Waals surface area contributed by atoms with E-state index in [1.165, 1.54) is 24.3 Å². The second kappa shape index (κ2) is 10.4. The number of carbonyl (C=O) groups excluding carboxylic acids is 4. The van der Waals surface area contributed by atoms with E-state index >= 15 is 0 Å². The molecule has 0 saturated carbocycles. The fourth-order valence-electron chi connectivity index (χ4n) is 3.34. The van der Waals surface area contributed by atoms with Gasteiger partial charge in [-0.2, -0.15) is 0 Å². The van der Waals surface area contributed by atoms with Crippen molar-refractivity contribution < 1.29 is 28.8 Å². The van der Waals surface area contributed by atoms with Crippen LogP contribution in [0.5, 0.6) is 0 Å². The largest absolute Gasteiger partial charge is 0.455 e. The average Bonchev–Trinajstić information content (AvgIpc) is 3.15. The standard InChI is InChI=1S/C22H21BrN4O7/c1-12-8-17(13(2)7-16(12)23)24-19(28)11-34-22(31)14-9-20(29)26(10-14)25-21(30)15-5-3-4-6-18(15)27(32)33/h3-8,14H,9-11H2,1-2H3,(H,24,28)(H,25,30)/t14-/m0/s1. The molecule has 1 fully saturated rings. The Morgan fingerprint density at radius 2 is 1.91 bits per heavy atom. The Hall–Kier alpha value is -3.80. The monoisotopic (exact) mass is 532 g/mol. The maximum atomic E-state index is 12.4. The van der Waals surface area contributed by atoms with Crippen molar-refractivity contribution in [3.63, 3.8) is 0 Å². The van der Waals surface area contributed by atoms with Crippen molar-refractivity contribution in [2.45, 2.75) is 20.3 Å². The number of rotatable bonds is 7. The van der Waals surface area contributed by atoms with E-state index in [0.29, 0.717) is 5.69 Å². The Bertz CT molecular complexity index is 1180. The molecule has 0 aromatic heterocycles. The van der Waals surface area contributed by atoms with E-state index in [1.807, 2.05) is 19.9 Å². The first-order valence-electron chi connectivity index (χ1n) is 10.1. The molecule has 0 aliphatic carbocycles. The minimum Gasteiger partial charge on any atom is -0.455 e. The van der Waals surface area contributed by atoms with Crippen LogP contribution >= 0.6 is 15.9 Å². The van der Waals surface area contributed by atoms with Gasteiger partial charge in [0.05, 0.1) is 17.4 Å². The van der Waals surface area contributed by atoms with Crippen LogP contribution < -0.4 is 10.7 Å². The van der Waals surface area contributed by atoms with E-state index in [0.717, 1.165) is 20.6 Å². The van der Waals surface area contributed by atoms with Crippen molar-refractivity contribution in [1.82, 2.24) is 10.4 Å². The molecule has 0 spiro atoms. The van der Waals surface area contributed by atoms with E-state index in [4.69, 9.17) is 4.74 Å². The molecule has 1 atom stereocenters. The van der Waals surface area contributed by atoms with E-state index in [1.54, 1.807) is 6.07 Å². The average molecular weight is 533 g/mol. The van der Waals surface area contributed by atoms with Crippen LogP contribution in [0.25, 0.3) is 0 Å². The Morgan fingerprint density at radius 1 is 1.21 bits per heavy atom. The molecule has 178 valence electrons. The lowest BCUT2D eigenvalue weighted by Gasteiger charge is -2.17. The molecule has 0 radical (unpaired) electrons. The Balaban J connectivity index is 1.54. The van der Waals surface area contributed by atoms with E-state index < -0.39 is 46.8 Å². The summed E-state index contributed by atoms with van der Waals surface area (Å²) in [5.74, 6) is -3.62. The fraction of sp³-hybridized carbons (Fsp3) is 0.273. The first-order chi connectivity index (χ1) is 16.1. The number of nitro groups is 1. The lowest BCUT2D eigenvalue weighted by Crippen LogP contribution is -2.43. The van der Waals surface area contributed by atoms with Crippen LogP contribution in [0.3, 0.4) is 0 Å². The second-order valence-corrected chi connectivity index (χ2v) is 8.55. The van der Waals surface area contributed by atoms with Gasteiger partial charge in [0, 0.05) is 22.6 Å². The van der Waals surface area contributed by atoms with Crippen LogP contribution in [0.2, 0.25) is 0 Å². The predicted molar refractivity (Wildman–Crippen MR) is 124 cm³/mol. The SMILES string of the molecule is Cc1cc(NC(=O)COC(=O)[C@H]2CC(=O)N(NC(=O)c3ccccc3[N+](=O)[O-])C2)c(C)cc1Br. The molecule has 34 heavy (non-hydrogen) atoms. The van der Waals surface area contributed by atoms with Gasteiger partial charge in [0.15, 0.2) is 6.61 Å². The van der Waals surface area contributed by atoms with Crippen molar-refractivity contribution >= 4 is 51.0 Å². The first kappa shape index (κ1) is 24.8. The van der Waals surface area contributed by atoms with Gasteiger partial charge < -0.3 is 10.1 Å². The summed E-state index contributed by atoms with van der Waals surface area (Å²) in [6.07, 6.45) is -0.234. The highest BCUT2D eigenvalue weighted by atomic mass is 79.9. The van der Waals surface area contributed by atoms with Crippen molar-refractivity contribution in [3.8, 4) is 0 Å². The molecule has 2 aromatic rings. The summed E-state index contributed by atoms with van der Waals surface area (Å²) < 4.78 is 5.95. The molecule has 2 aromatic carbocycles. The van der Waals surface area contributed by atoms with Crippen LogP contribution in [0.1, 0.15) is 27.9 Å². The Labute approximate surface area is 202 Å². The summed E-state index contributed by atoms with van der Waals surface area (Å²) >= 11 is 3.41. The number of amides is 3. The molecule has 0 bridgehead atoms. The number of nitro benzene ring substituents is 1. The van der Waals surface area contributed by atoms with Gasteiger partial charge in [-0.3, -0.25) is 39.7 Å². The molecule has 3 amide bonds. The normalized spacial score (nSPS) is 15.1. The summed E-state index contributed by atoms with van der Waals surface area (Å²) in [7, 11) is 0. The number of esters is 1. The number of benzene rings is 2. The molecular weight excluding hydrogens is 512 g/mol. The molecule has 12 heteroatoms. The molecule has 1 aliphatic rings.